The average Bonchev–Trinajstić information content (AvgIpc) is 3.02. The van der Waals surface area contributed by atoms with Crippen LogP contribution >= 0.6 is 0 Å². The summed E-state index contributed by atoms with van der Waals surface area (Å²) < 4.78 is 12.1. The maximum atomic E-state index is 13.2. The van der Waals surface area contributed by atoms with Gasteiger partial charge in [-0.15, -0.1) is 0 Å². The number of Topliss-reactive ketones (excluding diaryl/α,β-unsaturated/α-hetero) is 1. The first kappa shape index (κ1) is 17.3. The van der Waals surface area contributed by atoms with E-state index in [1.165, 1.54) is 7.11 Å². The molecule has 0 unspecified atom stereocenters. The van der Waals surface area contributed by atoms with Crippen LogP contribution in [0.2, 0.25) is 0 Å². The van der Waals surface area contributed by atoms with E-state index in [2.05, 4.69) is 0 Å². The van der Waals surface area contributed by atoms with Crippen LogP contribution in [-0.4, -0.2) is 30.4 Å². The quantitative estimate of drug-likeness (QED) is 0.525. The minimum absolute atomic E-state index is 0.0624. The molecule has 27 heavy (non-hydrogen) atoms. The minimum atomic E-state index is -0.799. The molecule has 3 aromatic rings. The molecule has 2 aromatic heterocycles. The molecule has 0 aliphatic heterocycles. The van der Waals surface area contributed by atoms with Crippen LogP contribution in [0, 0.1) is 12.8 Å². The van der Waals surface area contributed by atoms with Gasteiger partial charge in [0.05, 0.1) is 19.9 Å². The summed E-state index contributed by atoms with van der Waals surface area (Å²) in [5, 5.41) is 0. The molecule has 4 rings (SSSR count). The maximum absolute atomic E-state index is 13.2. The molecule has 138 valence electrons. The molecule has 0 spiro atoms. The largest absolute Gasteiger partial charge is 0.497 e. The third-order valence-corrected chi connectivity index (χ3v) is 5.52. The molecule has 1 aliphatic carbocycles. The van der Waals surface area contributed by atoms with Crippen LogP contribution in [0.5, 0.6) is 5.75 Å². The third-order valence-electron chi connectivity index (χ3n) is 5.52. The van der Waals surface area contributed by atoms with Crippen LogP contribution in [0.15, 0.2) is 48.7 Å². The van der Waals surface area contributed by atoms with Crippen LogP contribution in [0.4, 0.5) is 0 Å². The molecule has 1 aromatic carbocycles. The Kier molecular flexibility index (Phi) is 4.22. The van der Waals surface area contributed by atoms with Crippen molar-refractivity contribution >= 4 is 17.3 Å². The summed E-state index contributed by atoms with van der Waals surface area (Å²) in [5.41, 5.74) is 4.70. The van der Waals surface area contributed by atoms with Gasteiger partial charge in [0.15, 0.2) is 5.78 Å². The van der Waals surface area contributed by atoms with Gasteiger partial charge < -0.3 is 13.9 Å². The fourth-order valence-corrected chi connectivity index (χ4v) is 4.18. The van der Waals surface area contributed by atoms with E-state index in [0.717, 1.165) is 28.0 Å². The lowest BCUT2D eigenvalue weighted by Crippen LogP contribution is -2.33. The number of hydrogen-bond donors (Lipinski definition) is 0. The summed E-state index contributed by atoms with van der Waals surface area (Å²) in [4.78, 5) is 25.5. The molecule has 0 radical (unpaired) electrons. The number of aryl methyl sites for hydroxylation is 1. The number of carbonyl (C=O) groups is 2. The number of rotatable bonds is 3. The predicted molar refractivity (Wildman–Crippen MR) is 101 cm³/mol. The Morgan fingerprint density at radius 1 is 1.11 bits per heavy atom. The number of fused-ring (bicyclic) bond motifs is 3. The highest BCUT2D eigenvalue weighted by molar-refractivity contribution is 6.11. The Labute approximate surface area is 157 Å². The normalized spacial score (nSPS) is 19.0. The molecule has 0 saturated carbocycles. The van der Waals surface area contributed by atoms with Crippen molar-refractivity contribution < 1.29 is 19.1 Å². The molecule has 0 N–H and O–H groups in total. The highest BCUT2D eigenvalue weighted by Gasteiger charge is 2.42. The number of carbonyl (C=O) groups excluding carboxylic acids is 2. The average molecular weight is 363 g/mol. The first-order chi connectivity index (χ1) is 13.1. The molecule has 5 heteroatoms. The maximum Gasteiger partial charge on any atom is 0.316 e. The van der Waals surface area contributed by atoms with Crippen molar-refractivity contribution in [3.8, 4) is 5.75 Å². The summed E-state index contributed by atoms with van der Waals surface area (Å²) in [5.74, 6) is -0.738. The number of ketones is 1. The van der Waals surface area contributed by atoms with Gasteiger partial charge in [0.2, 0.25) is 0 Å². The van der Waals surface area contributed by atoms with Crippen LogP contribution in [0.1, 0.15) is 39.5 Å². The highest BCUT2D eigenvalue weighted by Crippen LogP contribution is 2.43. The van der Waals surface area contributed by atoms with E-state index < -0.39 is 11.9 Å². The van der Waals surface area contributed by atoms with Gasteiger partial charge >= 0.3 is 5.97 Å². The fraction of sp³-hybridized carbons (Fsp3) is 0.273. The van der Waals surface area contributed by atoms with Crippen LogP contribution in [0.3, 0.4) is 0 Å². The molecule has 2 atom stereocenters. The lowest BCUT2D eigenvalue weighted by Gasteiger charge is -2.28. The second-order valence-corrected chi connectivity index (χ2v) is 6.84. The van der Waals surface area contributed by atoms with Crippen molar-refractivity contribution in [2.24, 2.45) is 5.92 Å². The molecule has 5 nitrogen and oxygen atoms in total. The number of benzene rings is 1. The minimum Gasteiger partial charge on any atom is -0.497 e. The van der Waals surface area contributed by atoms with Crippen molar-refractivity contribution in [1.82, 2.24) is 4.40 Å². The van der Waals surface area contributed by atoms with Crippen molar-refractivity contribution in [3.63, 3.8) is 0 Å². The van der Waals surface area contributed by atoms with E-state index in [9.17, 15) is 9.59 Å². The molecule has 0 bridgehead atoms. The summed E-state index contributed by atoms with van der Waals surface area (Å²) in [6.45, 7) is 2.04. The number of hydrogen-bond acceptors (Lipinski definition) is 4. The van der Waals surface area contributed by atoms with Crippen molar-refractivity contribution in [2.45, 2.75) is 19.3 Å². The SMILES string of the molecule is COC(=O)[C@H]1C[C@H](c2ccc(OC)cc2)c2c(C)c3ccccn3c2C1=O. The molecular formula is C22H21NO4. The van der Waals surface area contributed by atoms with Gasteiger partial charge in [-0.1, -0.05) is 18.2 Å². The van der Waals surface area contributed by atoms with E-state index >= 15 is 0 Å². The number of ether oxygens (including phenoxy) is 2. The van der Waals surface area contributed by atoms with E-state index in [4.69, 9.17) is 9.47 Å². The third kappa shape index (κ3) is 2.62. The molecule has 0 saturated heterocycles. The Morgan fingerprint density at radius 3 is 2.52 bits per heavy atom. The van der Waals surface area contributed by atoms with E-state index in [1.807, 2.05) is 60.0 Å². The Balaban J connectivity index is 1.95. The second-order valence-electron chi connectivity index (χ2n) is 6.84. The highest BCUT2D eigenvalue weighted by atomic mass is 16.5. The van der Waals surface area contributed by atoms with Gasteiger partial charge in [-0.05, 0) is 54.3 Å². The van der Waals surface area contributed by atoms with Gasteiger partial charge in [0.25, 0.3) is 0 Å². The zero-order valence-electron chi connectivity index (χ0n) is 15.6. The number of aromatic nitrogens is 1. The summed E-state index contributed by atoms with van der Waals surface area (Å²) in [6, 6.07) is 13.7. The van der Waals surface area contributed by atoms with E-state index in [-0.39, 0.29) is 11.7 Å². The van der Waals surface area contributed by atoms with Gasteiger partial charge in [-0.25, -0.2) is 0 Å². The van der Waals surface area contributed by atoms with Crippen molar-refractivity contribution in [2.75, 3.05) is 14.2 Å². The lowest BCUT2D eigenvalue weighted by molar-refractivity contribution is -0.144. The van der Waals surface area contributed by atoms with Gasteiger partial charge in [-0.2, -0.15) is 0 Å². The standard InChI is InChI=1S/C22H21NO4/c1-13-18-6-4-5-11-23(18)20-19(13)16(12-17(21(20)24)22(25)27-3)14-7-9-15(26-2)10-8-14/h4-11,16-17H,12H2,1-3H3/t16-,17+/m1/s1. The Bertz CT molecular complexity index is 1030. The molecule has 0 fully saturated rings. The van der Waals surface area contributed by atoms with E-state index in [0.29, 0.717) is 12.1 Å². The Hall–Kier alpha value is -3.08. The van der Waals surface area contributed by atoms with Gasteiger partial charge in [-0.3, -0.25) is 9.59 Å². The zero-order chi connectivity index (χ0) is 19.1. The predicted octanol–water partition coefficient (Wildman–Crippen LogP) is 3.76. The van der Waals surface area contributed by atoms with Crippen molar-refractivity contribution in [1.29, 1.82) is 0 Å². The topological polar surface area (TPSA) is 57.0 Å². The second kappa shape index (κ2) is 6.58. The summed E-state index contributed by atoms with van der Waals surface area (Å²) in [6.07, 6.45) is 2.28. The monoisotopic (exact) mass is 363 g/mol. The smallest absolute Gasteiger partial charge is 0.316 e. The van der Waals surface area contributed by atoms with Crippen molar-refractivity contribution in [3.05, 3.63) is 71.0 Å². The first-order valence-electron chi connectivity index (χ1n) is 8.92. The van der Waals surface area contributed by atoms with Crippen LogP contribution in [0.25, 0.3) is 5.52 Å². The first-order valence-corrected chi connectivity index (χ1v) is 8.92. The molecular weight excluding hydrogens is 342 g/mol. The zero-order valence-corrected chi connectivity index (χ0v) is 15.6. The molecule has 2 heterocycles. The Morgan fingerprint density at radius 2 is 1.85 bits per heavy atom. The van der Waals surface area contributed by atoms with Gasteiger partial charge in [0.1, 0.15) is 11.7 Å². The number of methoxy groups -OCH3 is 2. The van der Waals surface area contributed by atoms with Crippen LogP contribution < -0.4 is 4.74 Å². The number of pyridine rings is 1. The fourth-order valence-electron chi connectivity index (χ4n) is 4.18. The molecule has 0 amide bonds. The lowest BCUT2D eigenvalue weighted by atomic mass is 9.74. The number of esters is 1. The van der Waals surface area contributed by atoms with Crippen LogP contribution in [-0.2, 0) is 9.53 Å². The summed E-state index contributed by atoms with van der Waals surface area (Å²) in [7, 11) is 2.96. The summed E-state index contributed by atoms with van der Waals surface area (Å²) >= 11 is 0. The number of nitrogens with zero attached hydrogens (tertiary/aromatic N) is 1. The van der Waals surface area contributed by atoms with Gasteiger partial charge in [0, 0.05) is 17.6 Å². The van der Waals surface area contributed by atoms with E-state index in [1.54, 1.807) is 7.11 Å². The molecule has 1 aliphatic rings.